The maximum Gasteiger partial charge on any atom is 0.500 e. The number of rotatable bonds is 4. The van der Waals surface area contributed by atoms with Crippen molar-refractivity contribution in [3.63, 3.8) is 0 Å². The largest absolute Gasteiger partial charge is 0.500 e. The number of nitrogens with one attached hydrogen (secondary N) is 1. The minimum atomic E-state index is -0.620. The van der Waals surface area contributed by atoms with Gasteiger partial charge in [-0.3, -0.25) is 10.00 Å². The molecule has 0 aliphatic carbocycles. The van der Waals surface area contributed by atoms with Crippen LogP contribution in [0.5, 0.6) is 0 Å². The molecule has 0 radical (unpaired) electrons. The zero-order valence-corrected chi connectivity index (χ0v) is 16.6. The monoisotopic (exact) mass is 371 g/mol. The molecule has 1 aromatic heterocycles. The summed E-state index contributed by atoms with van der Waals surface area (Å²) in [4.78, 5) is 12.4. The second-order valence-electron chi connectivity index (χ2n) is 7.74. The molecular formula is C19H26BN3O4. The van der Waals surface area contributed by atoms with Crippen LogP contribution in [0.25, 0.3) is 0 Å². The Morgan fingerprint density at radius 3 is 2.37 bits per heavy atom. The third-order valence-corrected chi connectivity index (χ3v) is 5.25. The molecule has 0 spiro atoms. The molecule has 1 N–H and O–H groups in total. The van der Waals surface area contributed by atoms with Crippen molar-refractivity contribution in [1.82, 2.24) is 9.78 Å². The fraction of sp³-hybridized carbons (Fsp3) is 0.474. The zero-order valence-electron chi connectivity index (χ0n) is 16.6. The number of hydrogen-bond acceptors (Lipinski definition) is 5. The molecular weight excluding hydrogens is 345 g/mol. The van der Waals surface area contributed by atoms with Crippen molar-refractivity contribution < 1.29 is 18.8 Å². The van der Waals surface area contributed by atoms with Crippen LogP contribution in [0.1, 0.15) is 46.3 Å². The summed E-state index contributed by atoms with van der Waals surface area (Å²) in [6, 6.07) is 9.56. The lowest BCUT2D eigenvalue weighted by Crippen LogP contribution is -2.41. The number of aromatic nitrogens is 2. The molecule has 1 aromatic carbocycles. The number of carbonyl (C=O) groups excluding carboxylic acids is 1. The van der Waals surface area contributed by atoms with E-state index in [0.29, 0.717) is 11.3 Å². The van der Waals surface area contributed by atoms with E-state index in [4.69, 9.17) is 14.0 Å². The van der Waals surface area contributed by atoms with Crippen molar-refractivity contribution in [2.45, 2.75) is 51.9 Å². The fourth-order valence-electron chi connectivity index (χ4n) is 2.83. The van der Waals surface area contributed by atoms with Crippen molar-refractivity contribution in [3.8, 4) is 0 Å². The summed E-state index contributed by atoms with van der Waals surface area (Å²) in [5.74, 6) is 0.485. The van der Waals surface area contributed by atoms with E-state index in [1.165, 1.54) is 0 Å². The Labute approximate surface area is 160 Å². The quantitative estimate of drug-likeness (QED) is 0.837. The molecule has 0 saturated carbocycles. The van der Waals surface area contributed by atoms with E-state index in [2.05, 4.69) is 10.4 Å². The van der Waals surface area contributed by atoms with Gasteiger partial charge in [0.25, 0.3) is 0 Å². The van der Waals surface area contributed by atoms with Crippen LogP contribution in [0.15, 0.2) is 36.5 Å². The van der Waals surface area contributed by atoms with E-state index in [-0.39, 0.29) is 6.10 Å². The third kappa shape index (κ3) is 3.86. The first-order valence-electron chi connectivity index (χ1n) is 9.01. The lowest BCUT2D eigenvalue weighted by Gasteiger charge is -2.32. The van der Waals surface area contributed by atoms with Gasteiger partial charge in [-0.25, -0.2) is 4.79 Å². The molecule has 7 nitrogen and oxygen atoms in total. The Kier molecular flexibility index (Phi) is 5.05. The van der Waals surface area contributed by atoms with Gasteiger partial charge in [0.2, 0.25) is 0 Å². The lowest BCUT2D eigenvalue weighted by atomic mass is 9.80. The van der Waals surface area contributed by atoms with Crippen LogP contribution in [0.4, 0.5) is 10.6 Å². The molecule has 0 bridgehead atoms. The SMILES string of the molecule is CC(OC(=O)Nc1c(B2OC(C)(C)C(C)(C)O2)cnn1C)c1ccccc1. The average Bonchev–Trinajstić information content (AvgIpc) is 3.05. The Balaban J connectivity index is 1.73. The van der Waals surface area contributed by atoms with E-state index in [0.717, 1.165) is 5.56 Å². The van der Waals surface area contributed by atoms with Gasteiger partial charge in [0, 0.05) is 12.5 Å². The molecule has 1 fully saturated rings. The molecule has 8 heteroatoms. The highest BCUT2D eigenvalue weighted by atomic mass is 16.7. The average molecular weight is 371 g/mol. The molecule has 1 amide bonds. The Bertz CT molecular complexity index is 804. The van der Waals surface area contributed by atoms with Gasteiger partial charge in [0.15, 0.2) is 0 Å². The molecule has 144 valence electrons. The first-order chi connectivity index (χ1) is 12.6. The maximum atomic E-state index is 12.4. The van der Waals surface area contributed by atoms with Crippen molar-refractivity contribution in [1.29, 1.82) is 0 Å². The van der Waals surface area contributed by atoms with Crippen LogP contribution < -0.4 is 10.8 Å². The van der Waals surface area contributed by atoms with Crippen LogP contribution in [0.2, 0.25) is 0 Å². The maximum absolute atomic E-state index is 12.4. The molecule has 1 saturated heterocycles. The molecule has 27 heavy (non-hydrogen) atoms. The molecule has 1 aliphatic rings. The van der Waals surface area contributed by atoms with E-state index in [1.54, 1.807) is 17.9 Å². The first-order valence-corrected chi connectivity index (χ1v) is 9.01. The highest BCUT2D eigenvalue weighted by Gasteiger charge is 2.53. The standard InChI is InChI=1S/C19H26BN3O4/c1-13(14-10-8-7-9-11-14)25-17(24)22-16-15(12-21-23(16)6)20-26-18(2,3)19(4,5)27-20/h7-13H,1-6H3,(H,22,24). The van der Waals surface area contributed by atoms with E-state index < -0.39 is 24.4 Å². The number of carbonyl (C=O) groups is 1. The topological polar surface area (TPSA) is 74.6 Å². The third-order valence-electron chi connectivity index (χ3n) is 5.25. The number of benzene rings is 1. The van der Waals surface area contributed by atoms with Crippen molar-refractivity contribution in [3.05, 3.63) is 42.1 Å². The number of aryl methyl sites for hydroxylation is 1. The lowest BCUT2D eigenvalue weighted by molar-refractivity contribution is 0.00578. The second-order valence-corrected chi connectivity index (χ2v) is 7.74. The van der Waals surface area contributed by atoms with Gasteiger partial charge in [-0.15, -0.1) is 0 Å². The molecule has 2 heterocycles. The highest BCUT2D eigenvalue weighted by Crippen LogP contribution is 2.37. The molecule has 1 unspecified atom stereocenters. The van der Waals surface area contributed by atoms with Crippen LogP contribution in [0.3, 0.4) is 0 Å². The normalized spacial score (nSPS) is 19.0. The number of anilines is 1. The van der Waals surface area contributed by atoms with Gasteiger partial charge >= 0.3 is 13.2 Å². The summed E-state index contributed by atoms with van der Waals surface area (Å²) < 4.78 is 19.2. The number of nitrogens with zero attached hydrogens (tertiary/aromatic N) is 2. The predicted molar refractivity (Wildman–Crippen MR) is 104 cm³/mol. The minimum absolute atomic E-state index is 0.375. The van der Waals surface area contributed by atoms with Crippen LogP contribution in [-0.2, 0) is 21.1 Å². The summed E-state index contributed by atoms with van der Waals surface area (Å²) in [5.41, 5.74) is 0.615. The highest BCUT2D eigenvalue weighted by molar-refractivity contribution is 6.63. The summed E-state index contributed by atoms with van der Waals surface area (Å²) in [6.45, 7) is 9.74. The molecule has 1 atom stereocenters. The molecule has 2 aromatic rings. The van der Waals surface area contributed by atoms with Crippen molar-refractivity contribution >= 4 is 24.5 Å². The van der Waals surface area contributed by atoms with Crippen LogP contribution in [0, 0.1) is 0 Å². The van der Waals surface area contributed by atoms with Gasteiger partial charge in [0.05, 0.1) is 17.4 Å². The van der Waals surface area contributed by atoms with Gasteiger partial charge in [0.1, 0.15) is 11.9 Å². The van der Waals surface area contributed by atoms with Crippen LogP contribution in [-0.4, -0.2) is 34.2 Å². The Hall–Kier alpha value is -2.32. The van der Waals surface area contributed by atoms with E-state index in [1.807, 2.05) is 65.0 Å². The predicted octanol–water partition coefficient (Wildman–Crippen LogP) is 3.03. The van der Waals surface area contributed by atoms with E-state index >= 15 is 0 Å². The summed E-state index contributed by atoms with van der Waals surface area (Å²) in [5, 5.41) is 7.00. The Morgan fingerprint density at radius 1 is 1.19 bits per heavy atom. The van der Waals surface area contributed by atoms with Crippen molar-refractivity contribution in [2.24, 2.45) is 7.05 Å². The van der Waals surface area contributed by atoms with Gasteiger partial charge in [-0.2, -0.15) is 5.10 Å². The molecule has 1 aliphatic heterocycles. The van der Waals surface area contributed by atoms with Gasteiger partial charge < -0.3 is 14.0 Å². The van der Waals surface area contributed by atoms with Crippen molar-refractivity contribution in [2.75, 3.05) is 5.32 Å². The summed E-state index contributed by atoms with van der Waals surface area (Å²) >= 11 is 0. The Morgan fingerprint density at radius 2 is 1.78 bits per heavy atom. The summed E-state index contributed by atoms with van der Waals surface area (Å²) in [7, 11) is 1.12. The fourth-order valence-corrected chi connectivity index (χ4v) is 2.83. The number of amides is 1. The minimum Gasteiger partial charge on any atom is -0.441 e. The van der Waals surface area contributed by atoms with Crippen LogP contribution >= 0.6 is 0 Å². The van der Waals surface area contributed by atoms with E-state index in [9.17, 15) is 4.79 Å². The second kappa shape index (κ2) is 7.01. The number of hydrogen-bond donors (Lipinski definition) is 1. The van der Waals surface area contributed by atoms with Gasteiger partial charge in [-0.05, 0) is 40.2 Å². The summed E-state index contributed by atoms with van der Waals surface area (Å²) in [6.07, 6.45) is 0.700. The van der Waals surface area contributed by atoms with Gasteiger partial charge in [-0.1, -0.05) is 30.3 Å². The zero-order chi connectivity index (χ0) is 19.8. The number of ether oxygens (including phenoxy) is 1. The smallest absolute Gasteiger partial charge is 0.441 e. The molecule has 3 rings (SSSR count). The first kappa shape index (κ1) is 19.4.